The van der Waals surface area contributed by atoms with Crippen LogP contribution in [0.5, 0.6) is 0 Å². The van der Waals surface area contributed by atoms with Crippen molar-refractivity contribution in [1.29, 1.82) is 0 Å². The number of thiophene rings is 2. The largest absolute Gasteiger partial charge is 0.465 e. The number of hydrogen-bond acceptors (Lipinski definition) is 4. The van der Waals surface area contributed by atoms with Gasteiger partial charge in [-0.15, -0.1) is 22.7 Å². The molecule has 480 valence electrons. The van der Waals surface area contributed by atoms with Crippen LogP contribution in [-0.4, -0.2) is 29.0 Å². The summed E-state index contributed by atoms with van der Waals surface area (Å²) in [6.07, 6.45) is 0. The molecule has 0 saturated carbocycles. The summed E-state index contributed by atoms with van der Waals surface area (Å²) in [7, 11) is 0. The van der Waals surface area contributed by atoms with Crippen molar-refractivity contribution < 1.29 is 8.83 Å². The van der Waals surface area contributed by atoms with Crippen molar-refractivity contribution in [3.05, 3.63) is 127 Å². The standard InChI is InChI=1S/2C13H22O.2C13H22S.2C13H22Se/c6*1-8(2)11-9(3)10(4)12(14-11)13(5,6)7/h6*8H,1-7H3. The predicted molar refractivity (Wildman–Crippen MR) is 386 cm³/mol. The molecule has 0 atom stereocenters. The fourth-order valence-electron chi connectivity index (χ4n) is 11.3. The molecule has 6 heteroatoms. The van der Waals surface area contributed by atoms with E-state index in [1.54, 1.807) is 59.5 Å². The maximum absolute atomic E-state index is 5.97. The molecule has 84 heavy (non-hydrogen) atoms. The molecule has 2 nitrogen and oxygen atoms in total. The van der Waals surface area contributed by atoms with Gasteiger partial charge in [0.25, 0.3) is 0 Å². The molecule has 0 aliphatic carbocycles. The van der Waals surface area contributed by atoms with E-state index in [1.165, 1.54) is 44.5 Å². The molecular formula is C78H132O2S2Se2. The molecule has 0 N–H and O–H groups in total. The van der Waals surface area contributed by atoms with Crippen LogP contribution in [0.15, 0.2) is 8.83 Å². The van der Waals surface area contributed by atoms with Crippen LogP contribution in [0, 0.1) is 83.1 Å². The molecule has 0 spiro atoms. The van der Waals surface area contributed by atoms with Crippen LogP contribution in [0.3, 0.4) is 0 Å². The molecule has 0 aliphatic heterocycles. The van der Waals surface area contributed by atoms with Crippen LogP contribution >= 0.6 is 22.7 Å². The molecule has 0 aliphatic rings. The molecular weight excluding hydrogens is 1190 g/mol. The minimum absolute atomic E-state index is 0.113. The number of furan rings is 2. The summed E-state index contributed by atoms with van der Waals surface area (Å²) in [6.45, 7) is 95.0. The van der Waals surface area contributed by atoms with Crippen LogP contribution in [0.1, 0.15) is 370 Å². The summed E-state index contributed by atoms with van der Waals surface area (Å²) in [5.74, 6) is 8.30. The second-order valence-corrected chi connectivity index (χ2v) is 39.2. The van der Waals surface area contributed by atoms with Gasteiger partial charge in [0.15, 0.2) is 0 Å². The first-order chi connectivity index (χ1) is 37.5. The van der Waals surface area contributed by atoms with Crippen molar-refractivity contribution in [1.82, 2.24) is 0 Å². The quantitative estimate of drug-likeness (QED) is 0.155. The van der Waals surface area contributed by atoms with E-state index in [2.05, 4.69) is 291 Å². The van der Waals surface area contributed by atoms with Crippen molar-refractivity contribution in [3.8, 4) is 0 Å². The fourth-order valence-corrected chi connectivity index (χ4v) is 19.8. The van der Waals surface area contributed by atoms with Gasteiger partial charge in [-0.1, -0.05) is 138 Å². The molecule has 0 unspecified atom stereocenters. The maximum atomic E-state index is 5.97. The van der Waals surface area contributed by atoms with Gasteiger partial charge in [-0.05, 0) is 123 Å². The smallest absolute Gasteiger partial charge is 0.112 e. The minimum Gasteiger partial charge on any atom is -0.465 e. The zero-order valence-corrected chi connectivity index (χ0v) is 68.0. The average Bonchev–Trinajstić information content (AvgIpc) is 3.56. The summed E-state index contributed by atoms with van der Waals surface area (Å²) in [4.78, 5) is 6.23. The average molecular weight is 1320 g/mol. The van der Waals surface area contributed by atoms with Gasteiger partial charge in [0.2, 0.25) is 0 Å². The summed E-state index contributed by atoms with van der Waals surface area (Å²) in [5, 5.41) is 0. The van der Waals surface area contributed by atoms with Gasteiger partial charge in [0, 0.05) is 42.2 Å². The van der Waals surface area contributed by atoms with Crippen LogP contribution in [0.25, 0.3) is 0 Å². The fraction of sp³-hybridized carbons (Fsp3) is 0.692. The van der Waals surface area contributed by atoms with Crippen LogP contribution in [0.2, 0.25) is 0 Å². The van der Waals surface area contributed by atoms with Crippen LogP contribution < -0.4 is 0 Å². The monoisotopic (exact) mass is 1320 g/mol. The molecule has 6 aromatic rings. The Bertz CT molecular complexity index is 2480. The van der Waals surface area contributed by atoms with E-state index in [0.29, 0.717) is 74.3 Å². The molecule has 0 saturated heterocycles. The molecule has 0 radical (unpaired) electrons. The third-order valence-electron chi connectivity index (χ3n) is 16.1. The van der Waals surface area contributed by atoms with Crippen molar-refractivity contribution >= 4 is 51.7 Å². The summed E-state index contributed by atoms with van der Waals surface area (Å²) in [6, 6.07) is 0. The van der Waals surface area contributed by atoms with Crippen LogP contribution in [-0.2, 0) is 32.5 Å². The second kappa shape index (κ2) is 30.6. The topological polar surface area (TPSA) is 26.3 Å². The Morgan fingerprint density at radius 2 is 0.512 bits per heavy atom. The molecule has 6 aromatic heterocycles. The van der Waals surface area contributed by atoms with Crippen molar-refractivity contribution in [2.75, 3.05) is 0 Å². The third kappa shape index (κ3) is 21.0. The first-order valence-electron chi connectivity index (χ1n) is 32.1. The van der Waals surface area contributed by atoms with Crippen LogP contribution in [0.4, 0.5) is 0 Å². The number of hydrogen-bond donors (Lipinski definition) is 0. The van der Waals surface area contributed by atoms with Gasteiger partial charge >= 0.3 is 189 Å². The maximum Gasteiger partial charge on any atom is 0.112 e. The van der Waals surface area contributed by atoms with Gasteiger partial charge in [0.05, 0.1) is 0 Å². The molecule has 0 fully saturated rings. The van der Waals surface area contributed by atoms with E-state index in [4.69, 9.17) is 8.83 Å². The zero-order chi connectivity index (χ0) is 66.6. The minimum atomic E-state index is 0.113. The van der Waals surface area contributed by atoms with Gasteiger partial charge < -0.3 is 8.83 Å². The van der Waals surface area contributed by atoms with Crippen molar-refractivity contribution in [2.24, 2.45) is 0 Å². The first-order valence-corrected chi connectivity index (χ1v) is 37.2. The Balaban J connectivity index is 0.000000504. The molecule has 0 bridgehead atoms. The van der Waals surface area contributed by atoms with E-state index in [-0.39, 0.29) is 10.8 Å². The Morgan fingerprint density at radius 3 is 0.619 bits per heavy atom. The first kappa shape index (κ1) is 80.0. The summed E-state index contributed by atoms with van der Waals surface area (Å²) in [5.41, 5.74) is 19.2. The predicted octanol–water partition coefficient (Wildman–Crippen LogP) is 25.8. The van der Waals surface area contributed by atoms with E-state index in [9.17, 15) is 0 Å². The number of rotatable bonds is 6. The SMILES string of the molecule is Cc1c(C(C)C)[se]c(C(C)(C)C)c1C.Cc1c(C(C)C)[se]c(C(C)(C)C)c1C.Cc1c(C(C)C)oc(C(C)(C)C)c1C.Cc1c(C(C)C)oc(C(C)(C)C)c1C.Cc1c(C(C)C)sc(C(C)(C)C)c1C.Cc1c(C(C)C)sc(C(C)(C)C)c1C. The van der Waals surface area contributed by atoms with E-state index in [1.807, 2.05) is 22.7 Å². The Labute approximate surface area is 542 Å². The normalized spacial score (nSPS) is 12.6. The molecule has 6 rings (SSSR count). The van der Waals surface area contributed by atoms with Gasteiger partial charge in [-0.25, -0.2) is 0 Å². The third-order valence-corrected chi connectivity index (χ3v) is 29.3. The summed E-state index contributed by atoms with van der Waals surface area (Å²) >= 11 is 5.23. The Morgan fingerprint density at radius 1 is 0.262 bits per heavy atom. The molecule has 6 heterocycles. The van der Waals surface area contributed by atoms with E-state index >= 15 is 0 Å². The van der Waals surface area contributed by atoms with Gasteiger partial charge in [-0.3, -0.25) is 0 Å². The Kier molecular flexibility index (Phi) is 29.2. The second-order valence-electron chi connectivity index (χ2n) is 32.7. The Hall–Kier alpha value is -2.04. The van der Waals surface area contributed by atoms with Crippen molar-refractivity contribution in [2.45, 2.75) is 359 Å². The zero-order valence-electron chi connectivity index (χ0n) is 62.9. The molecule has 0 amide bonds. The van der Waals surface area contributed by atoms with Gasteiger partial charge in [-0.2, -0.15) is 0 Å². The molecule has 0 aromatic carbocycles. The van der Waals surface area contributed by atoms with Crippen molar-refractivity contribution in [3.63, 3.8) is 0 Å². The van der Waals surface area contributed by atoms with E-state index < -0.39 is 0 Å². The van der Waals surface area contributed by atoms with E-state index in [0.717, 1.165) is 34.9 Å². The van der Waals surface area contributed by atoms with Gasteiger partial charge in [0.1, 0.15) is 23.0 Å². The summed E-state index contributed by atoms with van der Waals surface area (Å²) < 4.78 is 18.8.